The number of hydrogen-bond acceptors (Lipinski definition) is 4. The van der Waals surface area contributed by atoms with Gasteiger partial charge in [-0.05, 0) is 31.5 Å². The Hall–Kier alpha value is -1.59. The Bertz CT molecular complexity index is 410. The number of ether oxygens (including phenoxy) is 2. The summed E-state index contributed by atoms with van der Waals surface area (Å²) < 4.78 is 10.4. The molecule has 1 atom stereocenters. The second kappa shape index (κ2) is 9.34. The van der Waals surface area contributed by atoms with Crippen molar-refractivity contribution in [2.24, 2.45) is 11.7 Å². The molecule has 0 bridgehead atoms. The van der Waals surface area contributed by atoms with E-state index in [9.17, 15) is 4.79 Å². The van der Waals surface area contributed by atoms with E-state index in [4.69, 9.17) is 15.2 Å². The molecule has 5 heteroatoms. The van der Waals surface area contributed by atoms with Gasteiger partial charge in [-0.3, -0.25) is 4.79 Å². The van der Waals surface area contributed by atoms with Crippen LogP contribution in [0.4, 0.5) is 5.69 Å². The van der Waals surface area contributed by atoms with Crippen LogP contribution in [0.2, 0.25) is 0 Å². The monoisotopic (exact) mass is 280 g/mol. The number of rotatable bonds is 9. The Morgan fingerprint density at radius 2 is 2.20 bits per heavy atom. The molecule has 0 fully saturated rings. The predicted octanol–water partition coefficient (Wildman–Crippen LogP) is 2.03. The van der Waals surface area contributed by atoms with E-state index in [-0.39, 0.29) is 11.8 Å². The highest BCUT2D eigenvalue weighted by molar-refractivity contribution is 5.92. The molecule has 1 amide bonds. The predicted molar refractivity (Wildman–Crippen MR) is 79.9 cm³/mol. The van der Waals surface area contributed by atoms with E-state index >= 15 is 0 Å². The fraction of sp³-hybridized carbons (Fsp3) is 0.533. The van der Waals surface area contributed by atoms with E-state index in [1.165, 1.54) is 0 Å². The number of amides is 1. The molecule has 0 saturated carbocycles. The first-order chi connectivity index (χ1) is 9.67. The van der Waals surface area contributed by atoms with E-state index in [1.807, 2.05) is 31.2 Å². The maximum Gasteiger partial charge on any atom is 0.227 e. The first-order valence-electron chi connectivity index (χ1n) is 6.90. The smallest absolute Gasteiger partial charge is 0.227 e. The van der Waals surface area contributed by atoms with Crippen molar-refractivity contribution in [1.82, 2.24) is 0 Å². The first kappa shape index (κ1) is 16.5. The third kappa shape index (κ3) is 6.04. The lowest BCUT2D eigenvalue weighted by atomic mass is 10.0. The normalized spacial score (nSPS) is 11.9. The molecule has 0 aliphatic rings. The lowest BCUT2D eigenvalue weighted by molar-refractivity contribution is -0.119. The highest BCUT2D eigenvalue weighted by atomic mass is 16.5. The van der Waals surface area contributed by atoms with Crippen LogP contribution in [0.25, 0.3) is 0 Å². The fourth-order valence-electron chi connectivity index (χ4n) is 1.73. The Balaban J connectivity index is 2.50. The zero-order valence-electron chi connectivity index (χ0n) is 12.2. The standard InChI is InChI=1S/C15H24N2O3/c1-12(5-4-8-16)15(18)17-13-6-3-7-14(11-13)20-10-9-19-2/h3,6-7,11-12H,4-5,8-10,16H2,1-2H3,(H,17,18). The van der Waals surface area contributed by atoms with Crippen molar-refractivity contribution in [2.45, 2.75) is 19.8 Å². The van der Waals surface area contributed by atoms with Crippen molar-refractivity contribution in [3.05, 3.63) is 24.3 Å². The second-order valence-electron chi connectivity index (χ2n) is 4.69. The van der Waals surface area contributed by atoms with Crippen LogP contribution in [0.1, 0.15) is 19.8 Å². The maximum absolute atomic E-state index is 12.0. The van der Waals surface area contributed by atoms with Gasteiger partial charge < -0.3 is 20.5 Å². The summed E-state index contributed by atoms with van der Waals surface area (Å²) in [6.07, 6.45) is 1.65. The van der Waals surface area contributed by atoms with Gasteiger partial charge in [0.25, 0.3) is 0 Å². The molecule has 3 N–H and O–H groups in total. The van der Waals surface area contributed by atoms with E-state index in [0.29, 0.717) is 19.8 Å². The molecular weight excluding hydrogens is 256 g/mol. The van der Waals surface area contributed by atoms with E-state index in [1.54, 1.807) is 7.11 Å². The first-order valence-corrected chi connectivity index (χ1v) is 6.90. The van der Waals surface area contributed by atoms with Crippen molar-refractivity contribution in [3.63, 3.8) is 0 Å². The van der Waals surface area contributed by atoms with Crippen LogP contribution in [-0.2, 0) is 9.53 Å². The third-order valence-electron chi connectivity index (χ3n) is 2.95. The van der Waals surface area contributed by atoms with Crippen molar-refractivity contribution in [2.75, 3.05) is 32.2 Å². The van der Waals surface area contributed by atoms with E-state index in [0.717, 1.165) is 24.3 Å². The van der Waals surface area contributed by atoms with Gasteiger partial charge in [-0.2, -0.15) is 0 Å². The van der Waals surface area contributed by atoms with Crippen molar-refractivity contribution in [1.29, 1.82) is 0 Å². The van der Waals surface area contributed by atoms with Crippen LogP contribution in [0, 0.1) is 5.92 Å². The van der Waals surface area contributed by atoms with E-state index < -0.39 is 0 Å². The number of carbonyl (C=O) groups excluding carboxylic acids is 1. The Morgan fingerprint density at radius 1 is 1.40 bits per heavy atom. The number of carbonyl (C=O) groups is 1. The van der Waals surface area contributed by atoms with Crippen molar-refractivity contribution >= 4 is 11.6 Å². The molecule has 1 aromatic carbocycles. The van der Waals surface area contributed by atoms with Gasteiger partial charge in [0, 0.05) is 24.8 Å². The third-order valence-corrected chi connectivity index (χ3v) is 2.95. The molecule has 0 saturated heterocycles. The van der Waals surface area contributed by atoms with Crippen LogP contribution < -0.4 is 15.8 Å². The molecule has 20 heavy (non-hydrogen) atoms. The molecule has 1 rings (SSSR count). The summed E-state index contributed by atoms with van der Waals surface area (Å²) in [5.74, 6) is 0.679. The maximum atomic E-state index is 12.0. The summed E-state index contributed by atoms with van der Waals surface area (Å²) in [5.41, 5.74) is 6.19. The van der Waals surface area contributed by atoms with Crippen molar-refractivity contribution < 1.29 is 14.3 Å². The van der Waals surface area contributed by atoms with Crippen LogP contribution in [-0.4, -0.2) is 32.8 Å². The minimum absolute atomic E-state index is 0.00694. The number of methoxy groups -OCH3 is 1. The fourth-order valence-corrected chi connectivity index (χ4v) is 1.73. The molecule has 1 unspecified atom stereocenters. The van der Waals surface area contributed by atoms with Gasteiger partial charge in [0.2, 0.25) is 5.91 Å². The second-order valence-corrected chi connectivity index (χ2v) is 4.69. The molecule has 0 aromatic heterocycles. The molecule has 0 radical (unpaired) electrons. The molecular formula is C15H24N2O3. The lowest BCUT2D eigenvalue weighted by Crippen LogP contribution is -2.21. The van der Waals surface area contributed by atoms with Gasteiger partial charge in [0.15, 0.2) is 0 Å². The number of benzene rings is 1. The summed E-state index contributed by atoms with van der Waals surface area (Å²) in [4.78, 5) is 12.0. The summed E-state index contributed by atoms with van der Waals surface area (Å²) in [6, 6.07) is 7.35. The van der Waals surface area contributed by atoms with Gasteiger partial charge in [-0.25, -0.2) is 0 Å². The quantitative estimate of drug-likeness (QED) is 0.679. The van der Waals surface area contributed by atoms with Gasteiger partial charge in [0.1, 0.15) is 12.4 Å². The Morgan fingerprint density at radius 3 is 2.90 bits per heavy atom. The molecule has 0 aliphatic heterocycles. The van der Waals surface area contributed by atoms with Crippen LogP contribution in [0.3, 0.4) is 0 Å². The highest BCUT2D eigenvalue weighted by Gasteiger charge is 2.12. The van der Waals surface area contributed by atoms with E-state index in [2.05, 4.69) is 5.32 Å². The van der Waals surface area contributed by atoms with Crippen LogP contribution >= 0.6 is 0 Å². The zero-order chi connectivity index (χ0) is 14.8. The van der Waals surface area contributed by atoms with Gasteiger partial charge in [-0.1, -0.05) is 13.0 Å². The number of anilines is 1. The molecule has 112 valence electrons. The molecule has 0 spiro atoms. The average molecular weight is 280 g/mol. The molecule has 0 heterocycles. The summed E-state index contributed by atoms with van der Waals surface area (Å²) in [5, 5.41) is 2.89. The average Bonchev–Trinajstić information content (AvgIpc) is 2.45. The topological polar surface area (TPSA) is 73.6 Å². The van der Waals surface area contributed by atoms with Crippen LogP contribution in [0.5, 0.6) is 5.75 Å². The SMILES string of the molecule is COCCOc1cccc(NC(=O)C(C)CCCN)c1. The van der Waals surface area contributed by atoms with Crippen LogP contribution in [0.15, 0.2) is 24.3 Å². The molecule has 0 aliphatic carbocycles. The minimum Gasteiger partial charge on any atom is -0.491 e. The van der Waals surface area contributed by atoms with Gasteiger partial charge in [-0.15, -0.1) is 0 Å². The number of nitrogens with one attached hydrogen (secondary N) is 1. The molecule has 1 aromatic rings. The Labute approximate surface area is 120 Å². The van der Waals surface area contributed by atoms with Gasteiger partial charge >= 0.3 is 0 Å². The number of hydrogen-bond donors (Lipinski definition) is 2. The highest BCUT2D eigenvalue weighted by Crippen LogP contribution is 2.18. The van der Waals surface area contributed by atoms with Crippen molar-refractivity contribution in [3.8, 4) is 5.75 Å². The lowest BCUT2D eigenvalue weighted by Gasteiger charge is -2.12. The summed E-state index contributed by atoms with van der Waals surface area (Å²) in [7, 11) is 1.63. The Kier molecular flexibility index (Phi) is 7.69. The minimum atomic E-state index is -0.0448. The summed E-state index contributed by atoms with van der Waals surface area (Å²) in [6.45, 7) is 3.54. The zero-order valence-corrected chi connectivity index (χ0v) is 12.2. The summed E-state index contributed by atoms with van der Waals surface area (Å²) >= 11 is 0. The molecule has 5 nitrogen and oxygen atoms in total. The largest absolute Gasteiger partial charge is 0.491 e. The number of nitrogens with two attached hydrogens (primary N) is 1. The van der Waals surface area contributed by atoms with Gasteiger partial charge in [0.05, 0.1) is 6.61 Å².